The molecule has 1 aromatic heterocycles. The third kappa shape index (κ3) is 6.83. The van der Waals surface area contributed by atoms with Gasteiger partial charge < -0.3 is 5.73 Å². The highest BCUT2D eigenvalue weighted by Crippen LogP contribution is 2.39. The molecule has 0 aliphatic heterocycles. The Bertz CT molecular complexity index is 1630. The maximum Gasteiger partial charge on any atom is 0.177 e. The molecule has 0 atom stereocenters. The normalized spacial score (nSPS) is 10.8. The Morgan fingerprint density at radius 1 is 0.868 bits per heavy atom. The van der Waals surface area contributed by atoms with Crippen molar-refractivity contribution in [3.05, 3.63) is 96.7 Å². The maximum atomic E-state index is 11.2. The number of nitrogens with one attached hydrogen (secondary N) is 1. The zero-order chi connectivity index (χ0) is 27.7. The van der Waals surface area contributed by atoms with Crippen molar-refractivity contribution < 1.29 is 13.3 Å². The van der Waals surface area contributed by atoms with Gasteiger partial charge in [-0.3, -0.25) is 15.3 Å². The Labute approximate surface area is 229 Å². The van der Waals surface area contributed by atoms with Crippen LogP contribution in [0.1, 0.15) is 19.4 Å². The molecule has 1 heterocycles. The van der Waals surface area contributed by atoms with Gasteiger partial charge in [0.2, 0.25) is 0 Å². The van der Waals surface area contributed by atoms with Gasteiger partial charge in [0.15, 0.2) is 9.84 Å². The molecule has 0 radical (unpaired) electrons. The number of aromatic nitrogens is 1. The third-order valence-electron chi connectivity index (χ3n) is 5.57. The lowest BCUT2D eigenvalue weighted by molar-refractivity contribution is 0.270. The van der Waals surface area contributed by atoms with Crippen LogP contribution < -0.4 is 11.2 Å². The lowest BCUT2D eigenvalue weighted by Gasteiger charge is -2.12. The summed E-state index contributed by atoms with van der Waals surface area (Å²) in [7, 11) is -1.77. The maximum absolute atomic E-state index is 11.2. The molecule has 0 fully saturated rings. The van der Waals surface area contributed by atoms with E-state index in [2.05, 4.69) is 70.8 Å². The smallest absolute Gasteiger partial charge is 0.177 e. The van der Waals surface area contributed by atoms with Crippen molar-refractivity contribution in [2.24, 2.45) is 0 Å². The van der Waals surface area contributed by atoms with E-state index in [1.54, 1.807) is 30.0 Å². The van der Waals surface area contributed by atoms with Crippen LogP contribution in [0.3, 0.4) is 0 Å². The van der Waals surface area contributed by atoms with Crippen molar-refractivity contribution in [3.63, 3.8) is 0 Å². The fourth-order valence-electron chi connectivity index (χ4n) is 3.89. The van der Waals surface area contributed by atoms with Gasteiger partial charge in [-0.15, -0.1) is 0 Å². The summed E-state index contributed by atoms with van der Waals surface area (Å²) in [6.45, 7) is 6.13. The van der Waals surface area contributed by atoms with E-state index in [4.69, 9.17) is 5.73 Å². The van der Waals surface area contributed by atoms with Crippen LogP contribution >= 0.6 is 11.8 Å². The quantitative estimate of drug-likeness (QED) is 0.174. The number of hydrogen-bond acceptors (Lipinski definition) is 7. The molecular weight excluding hydrogens is 514 g/mol. The molecule has 8 heteroatoms. The van der Waals surface area contributed by atoms with Gasteiger partial charge in [-0.2, -0.15) is 0 Å². The highest BCUT2D eigenvalue weighted by Gasteiger charge is 2.12. The molecule has 3 N–H and O–H groups in total. The van der Waals surface area contributed by atoms with Crippen LogP contribution in [0, 0.1) is 6.92 Å². The Morgan fingerprint density at radius 3 is 2.24 bits per heavy atom. The molecule has 0 saturated carbocycles. The highest BCUT2D eigenvalue weighted by atomic mass is 32.2. The fourth-order valence-corrected chi connectivity index (χ4v) is 5.83. The summed E-state index contributed by atoms with van der Waals surface area (Å²) < 4.78 is 22.5. The topological polar surface area (TPSA) is 94.3 Å². The minimum Gasteiger partial charge on any atom is -0.397 e. The molecule has 6 nitrogen and oxygen atoms in total. The summed E-state index contributed by atoms with van der Waals surface area (Å²) in [6, 6.07) is 27.3. The number of sulfone groups is 1. The van der Waals surface area contributed by atoms with E-state index >= 15 is 0 Å². The molecular formula is C30H33N3O3S2. The van der Waals surface area contributed by atoms with E-state index in [1.165, 1.54) is 24.1 Å². The number of nitrogens with zero attached hydrogens (tertiary/aromatic N) is 1. The number of nitrogen functional groups attached to an aromatic ring is 1. The van der Waals surface area contributed by atoms with E-state index in [9.17, 15) is 8.42 Å². The fraction of sp³-hybridized carbons (Fsp3) is 0.167. The van der Waals surface area contributed by atoms with Crippen LogP contribution in [0.25, 0.3) is 21.7 Å². The molecule has 0 aliphatic rings. The Balaban J connectivity index is 0.000000228. The van der Waals surface area contributed by atoms with Crippen molar-refractivity contribution in [1.82, 2.24) is 4.98 Å². The van der Waals surface area contributed by atoms with Gasteiger partial charge in [-0.25, -0.2) is 8.42 Å². The van der Waals surface area contributed by atoms with Crippen LogP contribution in [-0.4, -0.2) is 26.8 Å². The molecule has 0 spiro atoms. The van der Waals surface area contributed by atoms with Gasteiger partial charge in [0.05, 0.1) is 28.9 Å². The number of pyridine rings is 1. The summed E-state index contributed by atoms with van der Waals surface area (Å²) in [5.41, 5.74) is 12.5. The molecule has 5 rings (SSSR count). The van der Waals surface area contributed by atoms with Crippen molar-refractivity contribution in [2.45, 2.75) is 35.5 Å². The first kappa shape index (κ1) is 29.0. The molecule has 0 bridgehead atoms. The monoisotopic (exact) mass is 547 g/mol. The van der Waals surface area contributed by atoms with Crippen LogP contribution in [0.5, 0.6) is 0 Å². The summed E-state index contributed by atoms with van der Waals surface area (Å²) in [4.78, 5) is 11.6. The first-order valence-corrected chi connectivity index (χ1v) is 14.9. The van der Waals surface area contributed by atoms with Crippen molar-refractivity contribution >= 4 is 54.6 Å². The SMILES string of the molecule is CC.CONc1ccccc1S(C)(=O)=O.Cc1cc(Sc2cccc3cccnc23)c(N)c2ccccc12. The molecule has 0 unspecified atom stereocenters. The number of para-hydroxylation sites is 2. The molecule has 0 aliphatic carbocycles. The lowest BCUT2D eigenvalue weighted by Crippen LogP contribution is -2.04. The Kier molecular flexibility index (Phi) is 10.1. The molecule has 5 aromatic rings. The first-order chi connectivity index (χ1) is 18.3. The Hall–Kier alpha value is -3.59. The average molecular weight is 548 g/mol. The number of aryl methyl sites for hydroxylation is 1. The molecule has 0 amide bonds. The Morgan fingerprint density at radius 2 is 1.53 bits per heavy atom. The average Bonchev–Trinajstić information content (AvgIpc) is 2.93. The van der Waals surface area contributed by atoms with Crippen LogP contribution in [-0.2, 0) is 14.7 Å². The number of benzene rings is 4. The van der Waals surface area contributed by atoms with Gasteiger partial charge in [0.1, 0.15) is 0 Å². The summed E-state index contributed by atoms with van der Waals surface area (Å²) in [5, 5.41) is 3.47. The van der Waals surface area contributed by atoms with Gasteiger partial charge >= 0.3 is 0 Å². The first-order valence-electron chi connectivity index (χ1n) is 12.2. The molecule has 198 valence electrons. The number of fused-ring (bicyclic) bond motifs is 2. The lowest BCUT2D eigenvalue weighted by atomic mass is 10.0. The van der Waals surface area contributed by atoms with E-state index < -0.39 is 9.84 Å². The van der Waals surface area contributed by atoms with Gasteiger partial charge in [-0.05, 0) is 48.2 Å². The second-order valence-corrected chi connectivity index (χ2v) is 11.2. The van der Waals surface area contributed by atoms with E-state index in [1.807, 2.05) is 32.2 Å². The second-order valence-electron chi connectivity index (χ2n) is 8.16. The van der Waals surface area contributed by atoms with Gasteiger partial charge in [0.25, 0.3) is 0 Å². The minimum absolute atomic E-state index is 0.233. The zero-order valence-electron chi connectivity index (χ0n) is 22.2. The van der Waals surface area contributed by atoms with E-state index in [0.29, 0.717) is 5.69 Å². The van der Waals surface area contributed by atoms with Gasteiger partial charge in [-0.1, -0.05) is 80.2 Å². The third-order valence-corrected chi connectivity index (χ3v) is 7.83. The number of hydrogen-bond donors (Lipinski definition) is 2. The van der Waals surface area contributed by atoms with E-state index in [-0.39, 0.29) is 4.90 Å². The predicted octanol–water partition coefficient (Wildman–Crippen LogP) is 7.52. The van der Waals surface area contributed by atoms with E-state index in [0.717, 1.165) is 38.0 Å². The summed E-state index contributed by atoms with van der Waals surface area (Å²) in [5.74, 6) is 0. The summed E-state index contributed by atoms with van der Waals surface area (Å²) in [6.07, 6.45) is 2.99. The molecule has 38 heavy (non-hydrogen) atoms. The molecule has 4 aromatic carbocycles. The summed E-state index contributed by atoms with van der Waals surface area (Å²) >= 11 is 1.69. The number of rotatable bonds is 5. The predicted molar refractivity (Wildman–Crippen MR) is 160 cm³/mol. The van der Waals surface area contributed by atoms with Crippen LogP contribution in [0.15, 0.2) is 106 Å². The van der Waals surface area contributed by atoms with Crippen molar-refractivity contribution in [3.8, 4) is 0 Å². The van der Waals surface area contributed by atoms with Gasteiger partial charge in [0, 0.05) is 33.0 Å². The van der Waals surface area contributed by atoms with Crippen molar-refractivity contribution in [1.29, 1.82) is 0 Å². The number of anilines is 2. The highest BCUT2D eigenvalue weighted by molar-refractivity contribution is 7.99. The second kappa shape index (κ2) is 13.3. The largest absolute Gasteiger partial charge is 0.397 e. The standard InChI is InChI=1S/C20H16N2S.C8H11NO3S.C2H6/c1-13-12-18(19(21)16-9-3-2-8-15(13)16)23-17-10-4-6-14-7-5-11-22-20(14)17;1-12-9-7-5-3-4-6-8(7)13(2,10)11;1-2/h2-12H,21H2,1H3;3-6,9H,1-2H3;1-2H3. The number of nitrogens with two attached hydrogens (primary N) is 1. The zero-order valence-corrected chi connectivity index (χ0v) is 23.9. The van der Waals surface area contributed by atoms with Crippen LogP contribution in [0.4, 0.5) is 11.4 Å². The van der Waals surface area contributed by atoms with Crippen LogP contribution in [0.2, 0.25) is 0 Å². The molecule has 0 saturated heterocycles. The van der Waals surface area contributed by atoms with Crippen molar-refractivity contribution in [2.75, 3.05) is 24.6 Å². The minimum atomic E-state index is -3.20.